The van der Waals surface area contributed by atoms with Crippen molar-refractivity contribution in [1.29, 1.82) is 0 Å². The van der Waals surface area contributed by atoms with E-state index in [1.165, 1.54) is 12.8 Å². The van der Waals surface area contributed by atoms with Crippen molar-refractivity contribution in [2.75, 3.05) is 0 Å². The van der Waals surface area contributed by atoms with Crippen LogP contribution in [-0.4, -0.2) is 20.6 Å². The van der Waals surface area contributed by atoms with Gasteiger partial charge in [-0.05, 0) is 25.0 Å². The van der Waals surface area contributed by atoms with Crippen molar-refractivity contribution >= 4 is 11.0 Å². The number of hydrogen-bond acceptors (Lipinski definition) is 4. The van der Waals surface area contributed by atoms with E-state index in [0.717, 1.165) is 23.3 Å². The van der Waals surface area contributed by atoms with Crippen LogP contribution < -0.4 is 5.32 Å². The summed E-state index contributed by atoms with van der Waals surface area (Å²) in [6.07, 6.45) is 6.00. The lowest BCUT2D eigenvalue weighted by Gasteiger charge is -1.97. The summed E-state index contributed by atoms with van der Waals surface area (Å²) in [5, 5.41) is 3.42. The first-order valence-corrected chi connectivity index (χ1v) is 6.50. The molecule has 1 aromatic carbocycles. The molecule has 0 aliphatic heterocycles. The summed E-state index contributed by atoms with van der Waals surface area (Å²) in [7, 11) is 0. The van der Waals surface area contributed by atoms with Gasteiger partial charge in [-0.2, -0.15) is 4.98 Å². The van der Waals surface area contributed by atoms with Gasteiger partial charge in [0.15, 0.2) is 0 Å². The Morgan fingerprint density at radius 3 is 3.11 bits per heavy atom. The van der Waals surface area contributed by atoms with E-state index in [1.54, 1.807) is 12.6 Å². The van der Waals surface area contributed by atoms with Crippen molar-refractivity contribution in [3.05, 3.63) is 42.5 Å². The van der Waals surface area contributed by atoms with Gasteiger partial charge in [0.2, 0.25) is 0 Å². The molecular formula is C14H14N4O. The zero-order valence-electron chi connectivity index (χ0n) is 10.4. The fraction of sp³-hybridized carbons (Fsp3) is 0.286. The summed E-state index contributed by atoms with van der Waals surface area (Å²) in [5.74, 6) is 0. The van der Waals surface area contributed by atoms with Crippen LogP contribution in [0.5, 0.6) is 0 Å². The Bertz CT molecular complexity index is 711. The third-order valence-corrected chi connectivity index (χ3v) is 3.35. The molecule has 0 bridgehead atoms. The van der Waals surface area contributed by atoms with E-state index in [4.69, 9.17) is 4.42 Å². The topological polar surface area (TPSA) is 55.9 Å². The molecule has 2 aromatic heterocycles. The predicted molar refractivity (Wildman–Crippen MR) is 71.0 cm³/mol. The average Bonchev–Trinajstić information content (AvgIpc) is 3.00. The van der Waals surface area contributed by atoms with Crippen molar-refractivity contribution < 1.29 is 4.42 Å². The normalized spacial score (nSPS) is 15.2. The Balaban J connectivity index is 1.64. The molecule has 3 aromatic rings. The Hall–Kier alpha value is -2.14. The standard InChI is InChI=1S/C14H14N4O/c1-2-4-13-12(3-1)16-9-18(13)14-17-11(8-19-14)7-15-10-5-6-10/h1-4,8-10,15H,5-7H2. The largest absolute Gasteiger partial charge is 0.431 e. The molecule has 4 rings (SSSR count). The Kier molecular flexibility index (Phi) is 2.38. The lowest BCUT2D eigenvalue weighted by atomic mass is 10.3. The van der Waals surface area contributed by atoms with E-state index in [0.29, 0.717) is 12.1 Å². The summed E-state index contributed by atoms with van der Waals surface area (Å²) < 4.78 is 7.41. The van der Waals surface area contributed by atoms with Crippen molar-refractivity contribution in [1.82, 2.24) is 19.9 Å². The van der Waals surface area contributed by atoms with Gasteiger partial charge in [0, 0.05) is 12.6 Å². The molecule has 0 spiro atoms. The second-order valence-electron chi connectivity index (χ2n) is 4.88. The van der Waals surface area contributed by atoms with Gasteiger partial charge in [0.1, 0.15) is 12.6 Å². The van der Waals surface area contributed by atoms with E-state index in [9.17, 15) is 0 Å². The molecule has 2 heterocycles. The van der Waals surface area contributed by atoms with Crippen LogP contribution in [-0.2, 0) is 6.54 Å². The fourth-order valence-electron chi connectivity index (χ4n) is 2.14. The molecule has 1 aliphatic rings. The van der Waals surface area contributed by atoms with Crippen LogP contribution in [0.25, 0.3) is 17.0 Å². The first-order chi connectivity index (χ1) is 9.40. The third kappa shape index (κ3) is 2.02. The fourth-order valence-corrected chi connectivity index (χ4v) is 2.14. The average molecular weight is 254 g/mol. The van der Waals surface area contributed by atoms with E-state index in [-0.39, 0.29) is 0 Å². The number of aromatic nitrogens is 3. The number of nitrogens with one attached hydrogen (secondary N) is 1. The van der Waals surface area contributed by atoms with Gasteiger partial charge in [-0.25, -0.2) is 4.98 Å². The molecule has 0 unspecified atom stereocenters. The Morgan fingerprint density at radius 1 is 1.32 bits per heavy atom. The molecule has 1 saturated carbocycles. The number of nitrogens with zero attached hydrogens (tertiary/aromatic N) is 3. The quantitative estimate of drug-likeness (QED) is 0.776. The maximum atomic E-state index is 5.54. The monoisotopic (exact) mass is 254 g/mol. The van der Waals surface area contributed by atoms with Gasteiger partial charge < -0.3 is 9.73 Å². The zero-order chi connectivity index (χ0) is 12.7. The second kappa shape index (κ2) is 4.20. The molecule has 96 valence electrons. The van der Waals surface area contributed by atoms with Gasteiger partial charge in [-0.1, -0.05) is 12.1 Å². The van der Waals surface area contributed by atoms with Crippen LogP contribution in [0.15, 0.2) is 41.3 Å². The van der Waals surface area contributed by atoms with Crippen LogP contribution in [0.1, 0.15) is 18.5 Å². The molecule has 1 N–H and O–H groups in total. The van der Waals surface area contributed by atoms with Gasteiger partial charge in [-0.15, -0.1) is 0 Å². The molecule has 0 amide bonds. The Morgan fingerprint density at radius 2 is 2.21 bits per heavy atom. The lowest BCUT2D eigenvalue weighted by molar-refractivity contribution is 0.529. The third-order valence-electron chi connectivity index (χ3n) is 3.35. The number of imidazole rings is 1. The minimum absolute atomic E-state index is 0.571. The molecule has 5 heteroatoms. The zero-order valence-corrected chi connectivity index (χ0v) is 10.4. The highest BCUT2D eigenvalue weighted by molar-refractivity contribution is 5.76. The highest BCUT2D eigenvalue weighted by Gasteiger charge is 2.20. The van der Waals surface area contributed by atoms with Crippen LogP contribution in [0, 0.1) is 0 Å². The maximum absolute atomic E-state index is 5.54. The number of rotatable bonds is 4. The molecule has 0 radical (unpaired) electrons. The molecule has 1 aliphatic carbocycles. The smallest absolute Gasteiger partial charge is 0.307 e. The summed E-state index contributed by atoms with van der Waals surface area (Å²) in [6, 6.07) is 9.19. The summed E-state index contributed by atoms with van der Waals surface area (Å²) in [5.41, 5.74) is 2.88. The van der Waals surface area contributed by atoms with E-state index >= 15 is 0 Å². The Labute approximate surface area is 110 Å². The minimum Gasteiger partial charge on any atom is -0.431 e. The van der Waals surface area contributed by atoms with E-state index in [2.05, 4.69) is 15.3 Å². The van der Waals surface area contributed by atoms with Crippen molar-refractivity contribution in [3.8, 4) is 6.01 Å². The minimum atomic E-state index is 0.571. The van der Waals surface area contributed by atoms with Crippen LogP contribution in [0.4, 0.5) is 0 Å². The number of para-hydroxylation sites is 2. The first kappa shape index (κ1) is 10.8. The summed E-state index contributed by atoms with van der Waals surface area (Å²) in [4.78, 5) is 8.83. The number of fused-ring (bicyclic) bond motifs is 1. The highest BCUT2D eigenvalue weighted by Crippen LogP contribution is 2.20. The first-order valence-electron chi connectivity index (χ1n) is 6.50. The molecule has 1 fully saturated rings. The number of benzene rings is 1. The number of hydrogen-bond donors (Lipinski definition) is 1. The summed E-state index contributed by atoms with van der Waals surface area (Å²) in [6.45, 7) is 0.765. The number of oxazole rings is 1. The predicted octanol–water partition coefficient (Wildman–Crippen LogP) is 2.27. The molecule has 5 nitrogen and oxygen atoms in total. The second-order valence-corrected chi connectivity index (χ2v) is 4.88. The maximum Gasteiger partial charge on any atom is 0.307 e. The van der Waals surface area contributed by atoms with Gasteiger partial charge >= 0.3 is 6.01 Å². The van der Waals surface area contributed by atoms with Crippen LogP contribution in [0.2, 0.25) is 0 Å². The van der Waals surface area contributed by atoms with Crippen LogP contribution >= 0.6 is 0 Å². The lowest BCUT2D eigenvalue weighted by Crippen LogP contribution is -2.15. The van der Waals surface area contributed by atoms with Gasteiger partial charge in [0.05, 0.1) is 16.7 Å². The van der Waals surface area contributed by atoms with Gasteiger partial charge in [0.25, 0.3) is 0 Å². The SMILES string of the molecule is c1ccc2c(c1)ncn2-c1nc(CNC2CC2)co1. The van der Waals surface area contributed by atoms with Crippen LogP contribution in [0.3, 0.4) is 0 Å². The van der Waals surface area contributed by atoms with E-state index in [1.807, 2.05) is 28.8 Å². The summed E-state index contributed by atoms with van der Waals surface area (Å²) >= 11 is 0. The van der Waals surface area contributed by atoms with Crippen molar-refractivity contribution in [2.24, 2.45) is 0 Å². The molecule has 0 saturated heterocycles. The van der Waals surface area contributed by atoms with E-state index < -0.39 is 0 Å². The van der Waals surface area contributed by atoms with Crippen molar-refractivity contribution in [2.45, 2.75) is 25.4 Å². The van der Waals surface area contributed by atoms with Crippen molar-refractivity contribution in [3.63, 3.8) is 0 Å². The molecule has 19 heavy (non-hydrogen) atoms. The molecule has 0 atom stereocenters. The van der Waals surface area contributed by atoms with Gasteiger partial charge in [-0.3, -0.25) is 4.57 Å². The molecular weight excluding hydrogens is 240 g/mol. The highest BCUT2D eigenvalue weighted by atomic mass is 16.4.